The van der Waals surface area contributed by atoms with Crippen LogP contribution in [0.5, 0.6) is 0 Å². The highest BCUT2D eigenvalue weighted by molar-refractivity contribution is 5.91. The molecule has 4 heteroatoms. The van der Waals surface area contributed by atoms with Gasteiger partial charge in [0.25, 0.3) is 0 Å². The molecule has 0 aromatic carbocycles. The van der Waals surface area contributed by atoms with Crippen molar-refractivity contribution in [2.45, 2.75) is 103 Å². The molecule has 31 heavy (non-hydrogen) atoms. The van der Waals surface area contributed by atoms with Crippen LogP contribution in [0.25, 0.3) is 0 Å². The molecule has 0 spiro atoms. The average molecular weight is 431 g/mol. The lowest BCUT2D eigenvalue weighted by Crippen LogP contribution is -2.60. The lowest BCUT2D eigenvalue weighted by atomic mass is 9.45. The van der Waals surface area contributed by atoms with Crippen LogP contribution in [0.1, 0.15) is 85.5 Å². The molecule has 1 aliphatic heterocycles. The first-order chi connectivity index (χ1) is 14.6. The number of aliphatic hydroxyl groups is 2. The number of aliphatic hydroxyl groups excluding tert-OH is 1. The zero-order valence-corrected chi connectivity index (χ0v) is 19.8. The Labute approximate surface area is 187 Å². The number of hydrogen-bond donors (Lipinski definition) is 2. The lowest BCUT2D eigenvalue weighted by Gasteiger charge is -2.61. The first-order valence-electron chi connectivity index (χ1n) is 12.9. The standard InChI is InChI=1S/C27H42O4/c1-16(2)23-8-7-22(24(29)31-23)27(30)14-11-21-19-6-5-17-15-18(28)9-12-25(17,3)20(19)10-13-26(21,27)4/h9,12,16-17,19-24,29-30H,5-8,10-11,13-15H2,1-4H3/t17-,19+,20-,21-,22-,23+,24+,25-,26-,27-/m0/s1. The molecule has 0 aromatic rings. The van der Waals surface area contributed by atoms with Crippen molar-refractivity contribution in [2.75, 3.05) is 0 Å². The van der Waals surface area contributed by atoms with Crippen molar-refractivity contribution in [3.63, 3.8) is 0 Å². The van der Waals surface area contributed by atoms with Crippen molar-refractivity contribution in [2.24, 2.45) is 46.3 Å². The molecule has 4 fully saturated rings. The summed E-state index contributed by atoms with van der Waals surface area (Å²) in [7, 11) is 0. The minimum absolute atomic E-state index is 0.0895. The van der Waals surface area contributed by atoms with Gasteiger partial charge in [-0.25, -0.2) is 0 Å². The Morgan fingerprint density at radius 2 is 1.74 bits per heavy atom. The Hall–Kier alpha value is -0.710. The van der Waals surface area contributed by atoms with E-state index in [9.17, 15) is 15.0 Å². The van der Waals surface area contributed by atoms with Crippen LogP contribution in [0.2, 0.25) is 0 Å². The predicted octanol–water partition coefficient (Wildman–Crippen LogP) is 4.87. The van der Waals surface area contributed by atoms with Crippen molar-refractivity contribution in [1.29, 1.82) is 0 Å². The zero-order valence-electron chi connectivity index (χ0n) is 19.8. The first-order valence-corrected chi connectivity index (χ1v) is 12.9. The van der Waals surface area contributed by atoms with Gasteiger partial charge in [-0.05, 0) is 97.9 Å². The van der Waals surface area contributed by atoms with E-state index in [4.69, 9.17) is 4.74 Å². The number of ether oxygens (including phenoxy) is 1. The molecule has 10 atom stereocenters. The van der Waals surface area contributed by atoms with E-state index in [1.165, 1.54) is 6.42 Å². The van der Waals surface area contributed by atoms with Crippen LogP contribution in [-0.2, 0) is 9.53 Å². The Morgan fingerprint density at radius 1 is 1.00 bits per heavy atom. The van der Waals surface area contributed by atoms with Gasteiger partial charge in [0.15, 0.2) is 12.1 Å². The number of ketones is 1. The minimum Gasteiger partial charge on any atom is -0.389 e. The number of fused-ring (bicyclic) bond motifs is 5. The van der Waals surface area contributed by atoms with Crippen LogP contribution in [0.3, 0.4) is 0 Å². The predicted molar refractivity (Wildman–Crippen MR) is 120 cm³/mol. The number of rotatable bonds is 2. The maximum atomic E-state index is 12.2. The third-order valence-corrected chi connectivity index (χ3v) is 11.0. The minimum atomic E-state index is -0.861. The van der Waals surface area contributed by atoms with Crippen LogP contribution in [0.4, 0.5) is 0 Å². The zero-order chi connectivity index (χ0) is 22.2. The highest BCUT2D eigenvalue weighted by Crippen LogP contribution is 2.69. The van der Waals surface area contributed by atoms with E-state index in [1.807, 2.05) is 6.08 Å². The lowest BCUT2D eigenvalue weighted by molar-refractivity contribution is -0.266. The molecule has 4 aliphatic carbocycles. The van der Waals surface area contributed by atoms with E-state index in [-0.39, 0.29) is 22.9 Å². The molecule has 5 aliphatic rings. The van der Waals surface area contributed by atoms with Crippen LogP contribution >= 0.6 is 0 Å². The highest BCUT2D eigenvalue weighted by atomic mass is 16.6. The monoisotopic (exact) mass is 430 g/mol. The van der Waals surface area contributed by atoms with Gasteiger partial charge in [-0.3, -0.25) is 4.79 Å². The van der Waals surface area contributed by atoms with Gasteiger partial charge in [0.1, 0.15) is 0 Å². The Bertz CT molecular complexity index is 760. The maximum absolute atomic E-state index is 12.2. The molecule has 0 aromatic heterocycles. The highest BCUT2D eigenvalue weighted by Gasteiger charge is 2.67. The number of carbonyl (C=O) groups is 1. The summed E-state index contributed by atoms with van der Waals surface area (Å²) < 4.78 is 6.02. The van der Waals surface area contributed by atoms with Gasteiger partial charge in [-0.2, -0.15) is 0 Å². The molecule has 1 heterocycles. The molecular formula is C27H42O4. The van der Waals surface area contributed by atoms with Crippen molar-refractivity contribution in [3.8, 4) is 0 Å². The Balaban J connectivity index is 1.40. The summed E-state index contributed by atoms with van der Waals surface area (Å²) in [6.07, 6.45) is 12.1. The molecule has 3 saturated carbocycles. The van der Waals surface area contributed by atoms with Crippen LogP contribution in [0.15, 0.2) is 12.2 Å². The van der Waals surface area contributed by atoms with Crippen molar-refractivity contribution in [3.05, 3.63) is 12.2 Å². The van der Waals surface area contributed by atoms with Gasteiger partial charge in [-0.1, -0.05) is 33.8 Å². The SMILES string of the molecule is CC(C)[C@H]1CC[C@H]([C@@]2(O)CC[C@H]3[C@@H]4CC[C@H]5CC(=O)C=C[C@]5(C)[C@H]4CC[C@@]32C)[C@H](O)O1. The van der Waals surface area contributed by atoms with E-state index in [0.29, 0.717) is 41.8 Å². The number of carbonyl (C=O) groups excluding carboxylic acids is 1. The molecule has 0 unspecified atom stereocenters. The largest absolute Gasteiger partial charge is 0.389 e. The summed E-state index contributed by atoms with van der Waals surface area (Å²) in [5.74, 6) is 2.69. The second-order valence-electron chi connectivity index (χ2n) is 12.4. The summed E-state index contributed by atoms with van der Waals surface area (Å²) in [5, 5.41) is 23.1. The van der Waals surface area contributed by atoms with Crippen LogP contribution < -0.4 is 0 Å². The van der Waals surface area contributed by atoms with Gasteiger partial charge in [-0.15, -0.1) is 0 Å². The molecule has 0 amide bonds. The van der Waals surface area contributed by atoms with Crippen LogP contribution in [-0.4, -0.2) is 34.0 Å². The molecular weight excluding hydrogens is 388 g/mol. The topological polar surface area (TPSA) is 66.8 Å². The average Bonchev–Trinajstić information content (AvgIpc) is 3.00. The second kappa shape index (κ2) is 7.40. The molecule has 1 saturated heterocycles. The van der Waals surface area contributed by atoms with Crippen LogP contribution in [0, 0.1) is 46.3 Å². The number of hydrogen-bond acceptors (Lipinski definition) is 4. The fourth-order valence-electron chi connectivity index (χ4n) is 9.09. The molecule has 174 valence electrons. The van der Waals surface area contributed by atoms with Gasteiger partial charge < -0.3 is 14.9 Å². The van der Waals surface area contributed by atoms with E-state index in [2.05, 4.69) is 33.8 Å². The molecule has 0 radical (unpaired) electrons. The number of allylic oxidation sites excluding steroid dienone is 2. The summed E-state index contributed by atoms with van der Waals surface area (Å²) in [6, 6.07) is 0. The van der Waals surface area contributed by atoms with E-state index >= 15 is 0 Å². The van der Waals surface area contributed by atoms with Gasteiger partial charge in [0, 0.05) is 12.3 Å². The fraction of sp³-hybridized carbons (Fsp3) is 0.889. The van der Waals surface area contributed by atoms with Crippen molar-refractivity contribution < 1.29 is 19.7 Å². The Kier molecular flexibility index (Phi) is 5.27. The maximum Gasteiger partial charge on any atom is 0.160 e. The molecule has 4 nitrogen and oxygen atoms in total. The van der Waals surface area contributed by atoms with E-state index in [0.717, 1.165) is 44.9 Å². The normalized spacial score (nSPS) is 54.4. The van der Waals surface area contributed by atoms with Crippen molar-refractivity contribution in [1.82, 2.24) is 0 Å². The summed E-state index contributed by atoms with van der Waals surface area (Å²) in [5.41, 5.74) is -0.887. The summed E-state index contributed by atoms with van der Waals surface area (Å²) in [4.78, 5) is 12.1. The quantitative estimate of drug-likeness (QED) is 0.656. The van der Waals surface area contributed by atoms with E-state index in [1.54, 1.807) is 0 Å². The fourth-order valence-corrected chi connectivity index (χ4v) is 9.09. The van der Waals surface area contributed by atoms with Gasteiger partial charge >= 0.3 is 0 Å². The third kappa shape index (κ3) is 3.07. The molecule has 5 rings (SSSR count). The smallest absolute Gasteiger partial charge is 0.160 e. The second-order valence-corrected chi connectivity index (χ2v) is 12.4. The Morgan fingerprint density at radius 3 is 2.45 bits per heavy atom. The molecule has 0 bridgehead atoms. The van der Waals surface area contributed by atoms with Gasteiger partial charge in [0.2, 0.25) is 0 Å². The third-order valence-electron chi connectivity index (χ3n) is 11.0. The van der Waals surface area contributed by atoms with Crippen molar-refractivity contribution >= 4 is 5.78 Å². The summed E-state index contributed by atoms with van der Waals surface area (Å²) in [6.45, 7) is 9.00. The first kappa shape index (κ1) is 22.1. The van der Waals surface area contributed by atoms with E-state index < -0.39 is 11.9 Å². The van der Waals surface area contributed by atoms with Gasteiger partial charge in [0.05, 0.1) is 11.7 Å². The summed E-state index contributed by atoms with van der Waals surface area (Å²) >= 11 is 0. The molecule has 2 N–H and O–H groups in total.